The monoisotopic (exact) mass is 358 g/mol. The van der Waals surface area contributed by atoms with Gasteiger partial charge in [-0.05, 0) is 43.4 Å². The molecule has 1 saturated heterocycles. The van der Waals surface area contributed by atoms with E-state index in [1.54, 1.807) is 0 Å². The smallest absolute Gasteiger partial charge is 0.303 e. The quantitative estimate of drug-likeness (QED) is 0.770. The second kappa shape index (κ2) is 9.53. The Kier molecular flexibility index (Phi) is 8.35. The van der Waals surface area contributed by atoms with Gasteiger partial charge in [0, 0.05) is 20.3 Å². The number of esters is 1. The average Bonchev–Trinajstić information content (AvgIpc) is 2.97. The van der Waals surface area contributed by atoms with Crippen molar-refractivity contribution in [3.8, 4) is 0 Å². The molecule has 2 aliphatic rings. The molecule has 1 aliphatic carbocycles. The van der Waals surface area contributed by atoms with Crippen molar-refractivity contribution in [2.24, 2.45) is 11.3 Å². The van der Waals surface area contributed by atoms with Gasteiger partial charge in [-0.15, -0.1) is 0 Å². The number of carbonyl (C=O) groups is 2. The number of hydrogen-bond donors (Lipinski definition) is 1. The molecule has 25 heavy (non-hydrogen) atoms. The zero-order valence-corrected chi connectivity index (χ0v) is 16.3. The van der Waals surface area contributed by atoms with Crippen molar-refractivity contribution in [1.29, 1.82) is 0 Å². The van der Waals surface area contributed by atoms with Crippen LogP contribution in [0.5, 0.6) is 0 Å². The summed E-state index contributed by atoms with van der Waals surface area (Å²) in [6, 6.07) is 0. The fraction of sp³-hybridized carbons (Fsp3) is 0.895. The Hall–Kier alpha value is -1.14. The molecular formula is C19H34O6. The Bertz CT molecular complexity index is 422. The molecule has 2 fully saturated rings. The highest BCUT2D eigenvalue weighted by atomic mass is 16.7. The van der Waals surface area contributed by atoms with E-state index in [1.807, 2.05) is 0 Å². The molecule has 1 saturated carbocycles. The van der Waals surface area contributed by atoms with Crippen LogP contribution in [-0.4, -0.2) is 42.1 Å². The van der Waals surface area contributed by atoms with E-state index >= 15 is 0 Å². The van der Waals surface area contributed by atoms with Gasteiger partial charge in [-0.3, -0.25) is 9.59 Å². The molecule has 6 heteroatoms. The molecule has 0 spiro atoms. The highest BCUT2D eigenvalue weighted by Gasteiger charge is 2.41. The van der Waals surface area contributed by atoms with Gasteiger partial charge in [-0.25, -0.2) is 0 Å². The van der Waals surface area contributed by atoms with Gasteiger partial charge in [0.1, 0.15) is 5.60 Å². The molecule has 146 valence electrons. The minimum atomic E-state index is -0.833. The summed E-state index contributed by atoms with van der Waals surface area (Å²) in [5, 5.41) is 7.42. The van der Waals surface area contributed by atoms with Crippen molar-refractivity contribution < 1.29 is 28.9 Å². The van der Waals surface area contributed by atoms with Crippen LogP contribution in [0, 0.1) is 11.3 Å². The Morgan fingerprint density at radius 3 is 2.00 bits per heavy atom. The van der Waals surface area contributed by atoms with Crippen molar-refractivity contribution >= 4 is 11.9 Å². The number of carboxylic acid groups (broad SMARTS) is 1. The van der Waals surface area contributed by atoms with Crippen LogP contribution >= 0.6 is 0 Å². The molecular weight excluding hydrogens is 324 g/mol. The summed E-state index contributed by atoms with van der Waals surface area (Å²) in [5.41, 5.74) is 0.0307. The first kappa shape index (κ1) is 21.9. The second-order valence-electron chi connectivity index (χ2n) is 8.15. The minimum absolute atomic E-state index is 0.113. The third-order valence-corrected chi connectivity index (χ3v) is 5.01. The van der Waals surface area contributed by atoms with Crippen LogP contribution in [0.1, 0.15) is 73.1 Å². The van der Waals surface area contributed by atoms with E-state index in [0.29, 0.717) is 24.5 Å². The lowest BCUT2D eigenvalue weighted by atomic mass is 9.67. The van der Waals surface area contributed by atoms with Crippen molar-refractivity contribution in [2.45, 2.75) is 85.0 Å². The van der Waals surface area contributed by atoms with E-state index in [0.717, 1.165) is 45.4 Å². The molecule has 0 aromatic carbocycles. The molecule has 1 N–H and O–H groups in total. The van der Waals surface area contributed by atoms with Crippen LogP contribution in [0.15, 0.2) is 0 Å². The second-order valence-corrected chi connectivity index (χ2v) is 8.15. The van der Waals surface area contributed by atoms with Gasteiger partial charge < -0.3 is 19.3 Å². The molecule has 0 amide bonds. The Morgan fingerprint density at radius 1 is 1.12 bits per heavy atom. The number of ether oxygens (including phenoxy) is 3. The third-order valence-electron chi connectivity index (χ3n) is 5.01. The van der Waals surface area contributed by atoms with Crippen LogP contribution in [0.4, 0.5) is 0 Å². The van der Waals surface area contributed by atoms with E-state index in [-0.39, 0.29) is 17.9 Å². The molecule has 6 nitrogen and oxygen atoms in total. The SMILES string of the molecule is CC(=O)O.CC(=O)OC1(CCC2OCCO2)CCC(C(C)(C)C)CC1. The van der Waals surface area contributed by atoms with Crippen LogP contribution in [0.25, 0.3) is 0 Å². The Labute approximate surface area is 151 Å². The lowest BCUT2D eigenvalue weighted by Gasteiger charge is -2.43. The van der Waals surface area contributed by atoms with Gasteiger partial charge in [-0.1, -0.05) is 20.8 Å². The maximum Gasteiger partial charge on any atom is 0.303 e. The molecule has 0 aromatic heterocycles. The van der Waals surface area contributed by atoms with Crippen molar-refractivity contribution in [2.75, 3.05) is 13.2 Å². The van der Waals surface area contributed by atoms with Crippen LogP contribution in [0.3, 0.4) is 0 Å². The maximum atomic E-state index is 11.5. The summed E-state index contributed by atoms with van der Waals surface area (Å²) in [4.78, 5) is 20.5. The molecule has 0 radical (unpaired) electrons. The first-order valence-corrected chi connectivity index (χ1v) is 9.16. The number of hydrogen-bond acceptors (Lipinski definition) is 5. The summed E-state index contributed by atoms with van der Waals surface area (Å²) >= 11 is 0. The third kappa shape index (κ3) is 8.19. The Balaban J connectivity index is 0.000000705. The summed E-state index contributed by atoms with van der Waals surface area (Å²) in [7, 11) is 0. The molecule has 1 heterocycles. The van der Waals surface area contributed by atoms with E-state index in [9.17, 15) is 4.79 Å². The van der Waals surface area contributed by atoms with E-state index in [2.05, 4.69) is 20.8 Å². The molecule has 2 rings (SSSR count). The predicted octanol–water partition coefficient (Wildman–Crippen LogP) is 3.77. The van der Waals surface area contributed by atoms with E-state index in [4.69, 9.17) is 24.1 Å². The fourth-order valence-corrected chi connectivity index (χ4v) is 3.67. The number of carbonyl (C=O) groups excluding carboxylic acids is 1. The van der Waals surface area contributed by atoms with Gasteiger partial charge in [0.25, 0.3) is 5.97 Å². The molecule has 0 bridgehead atoms. The van der Waals surface area contributed by atoms with Gasteiger partial charge in [0.2, 0.25) is 0 Å². The summed E-state index contributed by atoms with van der Waals surface area (Å²) in [5.74, 6) is -0.294. The van der Waals surface area contributed by atoms with Crippen LogP contribution in [0.2, 0.25) is 0 Å². The molecule has 1 aliphatic heterocycles. The lowest BCUT2D eigenvalue weighted by molar-refractivity contribution is -0.166. The largest absolute Gasteiger partial charge is 0.481 e. The standard InChI is InChI=1S/C17H30O4.C2H4O2/c1-13(18)21-17(10-7-15-19-11-12-20-15)8-5-14(6-9-17)16(2,3)4;1-2(3)4/h14-15H,5-12H2,1-4H3;1H3,(H,3,4). The fourth-order valence-electron chi connectivity index (χ4n) is 3.67. The molecule has 0 unspecified atom stereocenters. The topological polar surface area (TPSA) is 82.1 Å². The van der Waals surface area contributed by atoms with E-state index < -0.39 is 5.97 Å². The van der Waals surface area contributed by atoms with Gasteiger partial charge in [-0.2, -0.15) is 0 Å². The van der Waals surface area contributed by atoms with Crippen molar-refractivity contribution in [3.05, 3.63) is 0 Å². The number of aliphatic carboxylic acids is 1. The van der Waals surface area contributed by atoms with Gasteiger partial charge >= 0.3 is 5.97 Å². The number of carboxylic acids is 1. The highest BCUT2D eigenvalue weighted by molar-refractivity contribution is 5.66. The van der Waals surface area contributed by atoms with Crippen molar-refractivity contribution in [1.82, 2.24) is 0 Å². The predicted molar refractivity (Wildman–Crippen MR) is 94.1 cm³/mol. The maximum absolute atomic E-state index is 11.5. The average molecular weight is 358 g/mol. The molecule has 0 atom stereocenters. The van der Waals surface area contributed by atoms with Crippen molar-refractivity contribution in [3.63, 3.8) is 0 Å². The molecule has 0 aromatic rings. The first-order valence-electron chi connectivity index (χ1n) is 9.16. The van der Waals surface area contributed by atoms with Crippen LogP contribution < -0.4 is 0 Å². The van der Waals surface area contributed by atoms with Crippen LogP contribution in [-0.2, 0) is 23.8 Å². The highest BCUT2D eigenvalue weighted by Crippen LogP contribution is 2.45. The first-order chi connectivity index (χ1) is 11.5. The minimum Gasteiger partial charge on any atom is -0.481 e. The summed E-state index contributed by atoms with van der Waals surface area (Å²) in [6.45, 7) is 10.9. The Morgan fingerprint density at radius 2 is 1.60 bits per heavy atom. The van der Waals surface area contributed by atoms with Gasteiger partial charge in [0.05, 0.1) is 13.2 Å². The number of rotatable bonds is 4. The summed E-state index contributed by atoms with van der Waals surface area (Å²) in [6.07, 6.45) is 5.72. The lowest BCUT2D eigenvalue weighted by Crippen LogP contribution is -2.41. The summed E-state index contributed by atoms with van der Waals surface area (Å²) < 4.78 is 16.8. The zero-order valence-electron chi connectivity index (χ0n) is 16.3. The zero-order chi connectivity index (χ0) is 19.1. The normalized spacial score (nSPS) is 27.3. The van der Waals surface area contributed by atoms with Gasteiger partial charge in [0.15, 0.2) is 6.29 Å². The van der Waals surface area contributed by atoms with E-state index in [1.165, 1.54) is 6.92 Å².